The van der Waals surface area contributed by atoms with Crippen LogP contribution in [0.25, 0.3) is 22.2 Å². The number of anilines is 1. The predicted octanol–water partition coefficient (Wildman–Crippen LogP) is 8.05. The minimum Gasteiger partial charge on any atom is -0.496 e. The number of halogens is 1. The molecular formula is C32H37ClN3O5S+. The summed E-state index contributed by atoms with van der Waals surface area (Å²) in [4.78, 5) is 30.6. The van der Waals surface area contributed by atoms with Crippen LogP contribution in [0.4, 0.5) is 5.13 Å². The molecule has 10 heteroatoms. The van der Waals surface area contributed by atoms with Crippen molar-refractivity contribution in [3.05, 3.63) is 57.6 Å². The number of nitrogens with zero attached hydrogens (tertiary/aromatic N) is 2. The van der Waals surface area contributed by atoms with Crippen LogP contribution in [0.5, 0.6) is 11.5 Å². The standard InChI is InChI=1S/C32H36ClN3O5S/c1-19-12-20(2)30-22(13-19)14-26(36(30)17-29(37)38)31(39)35-32-34-25(18-42(32)11-10-21-8-6-5-7-9-21)23-15-28(41-4)24(33)16-27(23)40-3/h12-16,18,21H,5-11,17H2,1-4H3,(H-,34,35,37,38,39)/p+1. The number of nitrogens with one attached hydrogen (secondary N) is 1. The molecule has 42 heavy (non-hydrogen) atoms. The Morgan fingerprint density at radius 2 is 1.81 bits per heavy atom. The minimum atomic E-state index is -1.01. The molecule has 1 unspecified atom stereocenters. The molecule has 222 valence electrons. The quantitative estimate of drug-likeness (QED) is 0.176. The average molecular weight is 611 g/mol. The summed E-state index contributed by atoms with van der Waals surface area (Å²) >= 11 is 6.36. The van der Waals surface area contributed by atoms with Crippen molar-refractivity contribution in [2.75, 3.05) is 19.5 Å². The van der Waals surface area contributed by atoms with Crippen LogP contribution in [0.1, 0.15) is 60.1 Å². The molecule has 1 aliphatic rings. The van der Waals surface area contributed by atoms with E-state index in [1.54, 1.807) is 37.0 Å². The number of aromatic nitrogens is 2. The fourth-order valence-corrected chi connectivity index (χ4v) is 8.18. The Morgan fingerprint density at radius 3 is 2.50 bits per heavy atom. The first-order chi connectivity index (χ1) is 20.2. The summed E-state index contributed by atoms with van der Waals surface area (Å²) in [5.41, 5.74) is 4.41. The Hall–Kier alpha value is -3.56. The lowest BCUT2D eigenvalue weighted by Crippen LogP contribution is -2.20. The summed E-state index contributed by atoms with van der Waals surface area (Å²) in [6.45, 7) is 3.60. The number of thiazole rings is 1. The number of methoxy groups -OCH3 is 2. The molecule has 1 atom stereocenters. The molecule has 2 aromatic carbocycles. The van der Waals surface area contributed by atoms with Crippen LogP contribution in [0, 0.1) is 19.8 Å². The third kappa shape index (κ3) is 6.27. The Kier molecular flexibility index (Phi) is 9.08. The summed E-state index contributed by atoms with van der Waals surface area (Å²) in [6.07, 6.45) is 7.38. The summed E-state index contributed by atoms with van der Waals surface area (Å²) in [5.74, 6) is 1.22. The van der Waals surface area contributed by atoms with Crippen LogP contribution in [0.3, 0.4) is 0 Å². The fourth-order valence-electron chi connectivity index (χ4n) is 6.05. The van der Waals surface area contributed by atoms with Crippen molar-refractivity contribution in [3.63, 3.8) is 0 Å². The van der Waals surface area contributed by atoms with Crippen LogP contribution in [-0.2, 0) is 17.1 Å². The number of hydrogen-bond acceptors (Lipinski definition) is 5. The fraction of sp³-hybridized carbons (Fsp3) is 0.406. The monoisotopic (exact) mass is 610 g/mol. The third-order valence-corrected chi connectivity index (χ3v) is 10.2. The van der Waals surface area contributed by atoms with Crippen molar-refractivity contribution in [2.24, 2.45) is 5.92 Å². The molecule has 1 aliphatic carbocycles. The van der Waals surface area contributed by atoms with Gasteiger partial charge in [-0.2, -0.15) is 4.98 Å². The summed E-state index contributed by atoms with van der Waals surface area (Å²) in [5, 5.41) is 16.7. The highest BCUT2D eigenvalue weighted by molar-refractivity contribution is 7.32. The number of carbonyl (C=O) groups is 2. The van der Waals surface area contributed by atoms with Gasteiger partial charge in [-0.1, -0.05) is 55.3 Å². The number of hydrogen-bond donors (Lipinski definition) is 2. The zero-order valence-electron chi connectivity index (χ0n) is 24.5. The second kappa shape index (κ2) is 12.8. The van der Waals surface area contributed by atoms with Gasteiger partial charge in [-0.05, 0) is 49.9 Å². The largest absolute Gasteiger partial charge is 0.496 e. The molecule has 2 heterocycles. The van der Waals surface area contributed by atoms with Gasteiger partial charge in [0.1, 0.15) is 35.2 Å². The van der Waals surface area contributed by atoms with E-state index in [1.807, 2.05) is 26.0 Å². The smallest absolute Gasteiger partial charge is 0.347 e. The Morgan fingerprint density at radius 1 is 1.07 bits per heavy atom. The average Bonchev–Trinajstić information content (AvgIpc) is 3.52. The Labute approximate surface area is 253 Å². The number of amides is 1. The molecule has 0 spiro atoms. The number of aliphatic carboxylic acids is 1. The van der Waals surface area contributed by atoms with Crippen molar-refractivity contribution in [1.29, 1.82) is 0 Å². The number of carbonyl (C=O) groups excluding carboxylic acids is 1. The lowest BCUT2D eigenvalue weighted by Gasteiger charge is -2.19. The number of aryl methyl sites for hydroxylation is 3. The van der Waals surface area contributed by atoms with Gasteiger partial charge in [0.25, 0.3) is 5.91 Å². The molecule has 0 radical (unpaired) electrons. The summed E-state index contributed by atoms with van der Waals surface area (Å²) < 4.78 is 12.7. The van der Waals surface area contributed by atoms with E-state index in [0.717, 1.165) is 39.8 Å². The van der Waals surface area contributed by atoms with Gasteiger partial charge in [0.2, 0.25) is 0 Å². The van der Waals surface area contributed by atoms with Gasteiger partial charge in [-0.3, -0.25) is 14.9 Å². The zero-order valence-corrected chi connectivity index (χ0v) is 26.0. The SMILES string of the molecule is COc1cc(-c2c[s+](CCC3CCCCC3)c(NC(=O)c3cc4cc(C)cc(C)c4n3CC(=O)O)n2)c(OC)cc1Cl. The highest BCUT2D eigenvalue weighted by Crippen LogP contribution is 2.44. The summed E-state index contributed by atoms with van der Waals surface area (Å²) in [7, 11) is 2.68. The van der Waals surface area contributed by atoms with Crippen molar-refractivity contribution >= 4 is 50.0 Å². The van der Waals surface area contributed by atoms with Crippen LogP contribution in [-0.4, -0.2) is 40.8 Å². The lowest BCUT2D eigenvalue weighted by atomic mass is 9.88. The van der Waals surface area contributed by atoms with E-state index in [2.05, 4.69) is 10.7 Å². The second-order valence-electron chi connectivity index (χ2n) is 11.0. The molecule has 4 aromatic rings. The summed E-state index contributed by atoms with van der Waals surface area (Å²) in [6, 6.07) is 9.25. The van der Waals surface area contributed by atoms with Crippen LogP contribution < -0.4 is 14.8 Å². The van der Waals surface area contributed by atoms with E-state index >= 15 is 0 Å². The maximum absolute atomic E-state index is 13.8. The maximum atomic E-state index is 13.8. The lowest BCUT2D eigenvalue weighted by molar-refractivity contribution is -0.137. The zero-order chi connectivity index (χ0) is 30.0. The van der Waals surface area contributed by atoms with Gasteiger partial charge in [0.15, 0.2) is 5.38 Å². The van der Waals surface area contributed by atoms with Crippen molar-refractivity contribution in [2.45, 2.75) is 64.7 Å². The molecule has 2 N–H and O–H groups in total. The highest BCUT2D eigenvalue weighted by atomic mass is 35.5. The number of benzene rings is 2. The van der Waals surface area contributed by atoms with Gasteiger partial charge < -0.3 is 19.1 Å². The van der Waals surface area contributed by atoms with Gasteiger partial charge >= 0.3 is 11.1 Å². The Bertz CT molecular complexity index is 1640. The molecule has 0 bridgehead atoms. The molecular weight excluding hydrogens is 574 g/mol. The first kappa shape index (κ1) is 29.9. The van der Waals surface area contributed by atoms with E-state index in [1.165, 1.54) is 32.1 Å². The van der Waals surface area contributed by atoms with E-state index in [0.29, 0.717) is 39.0 Å². The number of ether oxygens (including phenoxy) is 2. The number of carboxylic acid groups (broad SMARTS) is 1. The van der Waals surface area contributed by atoms with E-state index in [-0.39, 0.29) is 12.5 Å². The third-order valence-electron chi connectivity index (χ3n) is 8.02. The van der Waals surface area contributed by atoms with Crippen LogP contribution in [0.2, 0.25) is 5.02 Å². The van der Waals surface area contributed by atoms with Gasteiger partial charge in [0, 0.05) is 21.9 Å². The maximum Gasteiger partial charge on any atom is 0.347 e. The molecule has 0 saturated heterocycles. The highest BCUT2D eigenvalue weighted by Gasteiger charge is 2.28. The minimum absolute atomic E-state index is 0.291. The first-order valence-electron chi connectivity index (χ1n) is 14.2. The molecule has 1 saturated carbocycles. The van der Waals surface area contributed by atoms with E-state index in [4.69, 9.17) is 26.1 Å². The normalized spacial score (nSPS) is 14.3. The van der Waals surface area contributed by atoms with Crippen LogP contribution >= 0.6 is 22.1 Å². The van der Waals surface area contributed by atoms with Gasteiger partial charge in [-0.15, -0.1) is 0 Å². The molecule has 5 rings (SSSR count). The van der Waals surface area contributed by atoms with Gasteiger partial charge in [0.05, 0.1) is 30.3 Å². The molecule has 8 nitrogen and oxygen atoms in total. The Balaban J connectivity index is 1.54. The molecule has 0 aliphatic heterocycles. The molecule has 1 fully saturated rings. The number of fused-ring (bicyclic) bond motifs is 1. The van der Waals surface area contributed by atoms with Crippen molar-refractivity contribution in [1.82, 2.24) is 9.55 Å². The first-order valence-corrected chi connectivity index (χ1v) is 16.1. The number of rotatable bonds is 10. The van der Waals surface area contributed by atoms with Gasteiger partial charge in [-0.25, -0.2) is 0 Å². The number of carboxylic acids is 1. The van der Waals surface area contributed by atoms with Crippen molar-refractivity contribution in [3.8, 4) is 22.8 Å². The van der Waals surface area contributed by atoms with Crippen LogP contribution in [0.15, 0.2) is 35.7 Å². The predicted molar refractivity (Wildman–Crippen MR) is 168 cm³/mol. The molecule has 2 aromatic heterocycles. The second-order valence-corrected chi connectivity index (χ2v) is 13.3. The topological polar surface area (TPSA) is 103 Å². The van der Waals surface area contributed by atoms with E-state index in [9.17, 15) is 14.7 Å². The van der Waals surface area contributed by atoms with E-state index < -0.39 is 16.4 Å². The molecule has 1 amide bonds. The van der Waals surface area contributed by atoms with Crippen molar-refractivity contribution < 1.29 is 24.2 Å².